The lowest BCUT2D eigenvalue weighted by atomic mass is 9.85. The van der Waals surface area contributed by atoms with Crippen LogP contribution in [0.1, 0.15) is 72.0 Å². The number of carbonyl (C=O) groups excluding carboxylic acids is 4. The summed E-state index contributed by atoms with van der Waals surface area (Å²) in [4.78, 5) is 57.3. The maximum absolute atomic E-state index is 13.9. The van der Waals surface area contributed by atoms with Crippen LogP contribution in [0.4, 0.5) is 5.69 Å². The minimum atomic E-state index is -0.457. The Hall–Kier alpha value is -4.78. The number of rotatable bonds is 6. The molecule has 0 fully saturated rings. The summed E-state index contributed by atoms with van der Waals surface area (Å²) in [7, 11) is 0. The molecule has 39 heavy (non-hydrogen) atoms. The molecule has 2 heterocycles. The summed E-state index contributed by atoms with van der Waals surface area (Å²) < 4.78 is 0. The highest BCUT2D eigenvalue weighted by molar-refractivity contribution is 6.39. The smallest absolute Gasteiger partial charge is 0.266 e. The van der Waals surface area contributed by atoms with Crippen LogP contribution in [0.25, 0.3) is 10.8 Å². The van der Waals surface area contributed by atoms with E-state index >= 15 is 0 Å². The molecule has 4 amide bonds. The Morgan fingerprint density at radius 3 is 1.54 bits per heavy atom. The van der Waals surface area contributed by atoms with E-state index < -0.39 is 23.6 Å². The number of carbonyl (C=O) groups is 4. The second kappa shape index (κ2) is 9.20. The molecule has 0 unspecified atom stereocenters. The van der Waals surface area contributed by atoms with Gasteiger partial charge in [0.1, 0.15) is 5.75 Å². The zero-order valence-corrected chi connectivity index (χ0v) is 21.7. The van der Waals surface area contributed by atoms with E-state index in [9.17, 15) is 24.3 Å². The van der Waals surface area contributed by atoms with E-state index in [1.165, 1.54) is 9.80 Å². The average Bonchev–Trinajstić information content (AvgIpc) is 2.95. The first-order valence-electron chi connectivity index (χ1n) is 13.1. The van der Waals surface area contributed by atoms with Crippen molar-refractivity contribution >= 4 is 40.1 Å². The second-order valence-corrected chi connectivity index (χ2v) is 9.83. The Kier molecular flexibility index (Phi) is 5.79. The van der Waals surface area contributed by atoms with Gasteiger partial charge in [-0.05, 0) is 72.4 Å². The molecule has 0 aliphatic carbocycles. The number of anilines is 1. The van der Waals surface area contributed by atoms with Gasteiger partial charge in [0.05, 0.1) is 5.69 Å². The van der Waals surface area contributed by atoms with Gasteiger partial charge in [-0.25, -0.2) is 4.90 Å². The third kappa shape index (κ3) is 3.65. The van der Waals surface area contributed by atoms with E-state index in [0.717, 1.165) is 16.7 Å². The van der Waals surface area contributed by atoms with Gasteiger partial charge >= 0.3 is 0 Å². The predicted octanol–water partition coefficient (Wildman–Crippen LogP) is 5.31. The molecule has 4 aromatic carbocycles. The summed E-state index contributed by atoms with van der Waals surface area (Å²) in [5, 5.41) is 10.2. The largest absolute Gasteiger partial charge is 0.508 e. The van der Waals surface area contributed by atoms with E-state index in [2.05, 4.69) is 0 Å². The monoisotopic (exact) mass is 518 g/mol. The highest BCUT2D eigenvalue weighted by Crippen LogP contribution is 2.40. The van der Waals surface area contributed by atoms with Crippen LogP contribution in [-0.2, 0) is 19.3 Å². The number of nitrogens with zero attached hydrogens (tertiary/aromatic N) is 2. The van der Waals surface area contributed by atoms with Gasteiger partial charge in [0.25, 0.3) is 23.6 Å². The average molecular weight is 519 g/mol. The Morgan fingerprint density at radius 2 is 1.08 bits per heavy atom. The minimum Gasteiger partial charge on any atom is -0.508 e. The SMILES string of the molecule is CCc1cccc(CC)c1N1C(=O)c2ccc3c4c(ccc(c24)C1=O)C(=O)N(CCc1ccc(O)cc1)C3=O. The van der Waals surface area contributed by atoms with Crippen molar-refractivity contribution in [2.45, 2.75) is 33.1 Å². The first kappa shape index (κ1) is 24.6. The van der Waals surface area contributed by atoms with Gasteiger partial charge in [-0.2, -0.15) is 0 Å². The van der Waals surface area contributed by atoms with Crippen molar-refractivity contribution in [3.8, 4) is 5.75 Å². The molecule has 0 atom stereocenters. The number of hydrogen-bond donors (Lipinski definition) is 1. The predicted molar refractivity (Wildman–Crippen MR) is 147 cm³/mol. The fourth-order valence-electron chi connectivity index (χ4n) is 5.74. The highest BCUT2D eigenvalue weighted by atomic mass is 16.3. The third-order valence-electron chi connectivity index (χ3n) is 7.73. The van der Waals surface area contributed by atoms with E-state index in [-0.39, 0.29) is 12.3 Å². The van der Waals surface area contributed by atoms with Crippen LogP contribution in [0.3, 0.4) is 0 Å². The first-order valence-corrected chi connectivity index (χ1v) is 13.1. The standard InChI is InChI=1S/C32H26N2O5/c1-3-19-6-5-7-20(4-2)28(19)34-31(38)24-14-12-22-26-23(13-15-25(27(24)26)32(34)39)30(37)33(29(22)36)17-16-18-8-10-21(35)11-9-18/h5-15,35H,3-4,16-17H2,1-2H3. The normalized spacial score (nSPS) is 14.5. The van der Waals surface area contributed by atoms with Crippen LogP contribution < -0.4 is 4.90 Å². The fourth-order valence-corrected chi connectivity index (χ4v) is 5.74. The summed E-state index contributed by atoms with van der Waals surface area (Å²) in [6.07, 6.45) is 1.74. The molecule has 6 rings (SSSR count). The van der Waals surface area contributed by atoms with E-state index in [1.807, 2.05) is 32.0 Å². The number of phenolic OH excluding ortho intramolecular Hbond substituents is 1. The van der Waals surface area contributed by atoms with Crippen molar-refractivity contribution in [1.82, 2.24) is 4.90 Å². The molecule has 2 aliphatic heterocycles. The molecule has 0 saturated heterocycles. The second-order valence-electron chi connectivity index (χ2n) is 9.83. The van der Waals surface area contributed by atoms with Crippen LogP contribution in [-0.4, -0.2) is 40.2 Å². The number of phenols is 1. The first-order chi connectivity index (χ1) is 18.8. The molecule has 0 spiro atoms. The molecule has 0 saturated carbocycles. The number of imide groups is 2. The lowest BCUT2D eigenvalue weighted by Crippen LogP contribution is -2.44. The molecule has 0 radical (unpaired) electrons. The number of amides is 4. The van der Waals surface area contributed by atoms with Gasteiger partial charge in [0.15, 0.2) is 0 Å². The van der Waals surface area contributed by atoms with Crippen molar-refractivity contribution < 1.29 is 24.3 Å². The molecule has 0 bridgehead atoms. The summed E-state index contributed by atoms with van der Waals surface area (Å²) in [6, 6.07) is 18.8. The summed E-state index contributed by atoms with van der Waals surface area (Å²) in [6.45, 7) is 4.13. The van der Waals surface area contributed by atoms with Crippen LogP contribution in [0.2, 0.25) is 0 Å². The molecule has 7 heteroatoms. The minimum absolute atomic E-state index is 0.143. The molecule has 2 aliphatic rings. The van der Waals surface area contributed by atoms with Gasteiger partial charge < -0.3 is 5.11 Å². The van der Waals surface area contributed by atoms with E-state index in [4.69, 9.17) is 0 Å². The Labute approximate surface area is 225 Å². The van der Waals surface area contributed by atoms with Crippen LogP contribution in [0, 0.1) is 0 Å². The Morgan fingerprint density at radius 1 is 0.615 bits per heavy atom. The van der Waals surface area contributed by atoms with Crippen molar-refractivity contribution in [2.75, 3.05) is 11.4 Å². The summed E-state index contributed by atoms with van der Waals surface area (Å²) in [5.74, 6) is -1.68. The lowest BCUT2D eigenvalue weighted by Gasteiger charge is -2.33. The summed E-state index contributed by atoms with van der Waals surface area (Å²) in [5.41, 5.74) is 4.50. The van der Waals surface area contributed by atoms with Gasteiger partial charge in [-0.3, -0.25) is 24.1 Å². The van der Waals surface area contributed by atoms with Gasteiger partial charge in [0.2, 0.25) is 0 Å². The van der Waals surface area contributed by atoms with Crippen molar-refractivity contribution in [3.05, 3.63) is 106 Å². The van der Waals surface area contributed by atoms with E-state index in [0.29, 0.717) is 58.0 Å². The molecule has 4 aromatic rings. The Bertz CT molecular complexity index is 1630. The van der Waals surface area contributed by atoms with Gasteiger partial charge in [-0.1, -0.05) is 44.2 Å². The quantitative estimate of drug-likeness (QED) is 0.349. The Balaban J connectivity index is 1.44. The zero-order valence-electron chi connectivity index (χ0n) is 21.7. The van der Waals surface area contributed by atoms with Crippen LogP contribution >= 0.6 is 0 Å². The van der Waals surface area contributed by atoms with Gasteiger partial charge in [0, 0.05) is 39.6 Å². The fraction of sp³-hybridized carbons (Fsp3) is 0.188. The number of hydrogen-bond acceptors (Lipinski definition) is 5. The molecule has 0 aromatic heterocycles. The number of aryl methyl sites for hydroxylation is 2. The molecule has 1 N–H and O–H groups in total. The van der Waals surface area contributed by atoms with Crippen molar-refractivity contribution in [1.29, 1.82) is 0 Å². The number of benzene rings is 4. The molecule has 7 nitrogen and oxygen atoms in total. The van der Waals surface area contributed by atoms with Crippen molar-refractivity contribution in [3.63, 3.8) is 0 Å². The van der Waals surface area contributed by atoms with Crippen LogP contribution in [0.15, 0.2) is 66.7 Å². The number of aromatic hydroxyl groups is 1. The zero-order chi connectivity index (χ0) is 27.4. The lowest BCUT2D eigenvalue weighted by molar-refractivity contribution is 0.0611. The molecular weight excluding hydrogens is 492 g/mol. The highest BCUT2D eigenvalue weighted by Gasteiger charge is 2.40. The maximum Gasteiger partial charge on any atom is 0.266 e. The van der Waals surface area contributed by atoms with E-state index in [1.54, 1.807) is 48.5 Å². The molecular formula is C32H26N2O5. The third-order valence-corrected chi connectivity index (χ3v) is 7.73. The molecule has 194 valence electrons. The number of para-hydroxylation sites is 1. The van der Waals surface area contributed by atoms with Gasteiger partial charge in [-0.15, -0.1) is 0 Å². The topological polar surface area (TPSA) is 95.0 Å². The van der Waals surface area contributed by atoms with Crippen molar-refractivity contribution in [2.24, 2.45) is 0 Å². The maximum atomic E-state index is 13.9. The summed E-state index contributed by atoms with van der Waals surface area (Å²) >= 11 is 0. The van der Waals surface area contributed by atoms with Crippen LogP contribution in [0.5, 0.6) is 5.75 Å².